The number of nitrogens with one attached hydrogen (secondary N) is 2. The lowest BCUT2D eigenvalue weighted by Gasteiger charge is -2.25. The van der Waals surface area contributed by atoms with Crippen molar-refractivity contribution in [2.45, 2.75) is 5.60 Å². The van der Waals surface area contributed by atoms with Crippen molar-refractivity contribution in [2.24, 2.45) is 0 Å². The predicted molar refractivity (Wildman–Crippen MR) is 89.4 cm³/mol. The molecule has 0 spiro atoms. The Morgan fingerprint density at radius 2 is 2.00 bits per heavy atom. The van der Waals surface area contributed by atoms with E-state index in [1.165, 1.54) is 41.9 Å². The number of rotatable bonds is 5. The van der Waals surface area contributed by atoms with E-state index >= 15 is 0 Å². The first-order valence-corrected chi connectivity index (χ1v) is 8.07. The molecule has 0 fully saturated rings. The van der Waals surface area contributed by atoms with Crippen molar-refractivity contribution in [3.8, 4) is 0 Å². The molecule has 0 aliphatic rings. The number of amides is 2. The minimum Gasteiger partial charge on any atom is -0.466 e. The van der Waals surface area contributed by atoms with Crippen LogP contribution in [-0.4, -0.2) is 17.7 Å². The van der Waals surface area contributed by atoms with Gasteiger partial charge in [0.2, 0.25) is 0 Å². The van der Waals surface area contributed by atoms with E-state index < -0.39 is 11.6 Å². The van der Waals surface area contributed by atoms with Crippen LogP contribution >= 0.6 is 11.3 Å². The summed E-state index contributed by atoms with van der Waals surface area (Å²) in [6, 6.07) is 11.8. The molecule has 0 bridgehead atoms. The molecule has 24 heavy (non-hydrogen) atoms. The van der Waals surface area contributed by atoms with E-state index in [0.29, 0.717) is 16.3 Å². The van der Waals surface area contributed by atoms with Crippen molar-refractivity contribution >= 4 is 23.1 Å². The molecule has 1 atom stereocenters. The number of carbonyl (C=O) groups is 1. The van der Waals surface area contributed by atoms with Gasteiger partial charge in [-0.1, -0.05) is 6.07 Å². The van der Waals surface area contributed by atoms with Gasteiger partial charge in [-0.2, -0.15) is 0 Å². The number of carbonyl (C=O) groups excluding carboxylic acids is 1. The molecule has 0 saturated carbocycles. The molecule has 3 rings (SSSR count). The molecular formula is C17H15FN2O3S. The van der Waals surface area contributed by atoms with Crippen LogP contribution in [0.25, 0.3) is 0 Å². The minimum absolute atomic E-state index is 0.0753. The maximum atomic E-state index is 12.9. The highest BCUT2D eigenvalue weighted by atomic mass is 32.1. The van der Waals surface area contributed by atoms with Gasteiger partial charge in [0.1, 0.15) is 11.6 Å². The highest BCUT2D eigenvalue weighted by Gasteiger charge is 2.36. The first-order chi connectivity index (χ1) is 11.6. The second-order valence-corrected chi connectivity index (χ2v) is 6.08. The third kappa shape index (κ3) is 3.47. The second kappa shape index (κ2) is 6.86. The van der Waals surface area contributed by atoms with Crippen molar-refractivity contribution in [2.75, 3.05) is 11.9 Å². The fourth-order valence-corrected chi connectivity index (χ4v) is 3.07. The third-order valence-corrected chi connectivity index (χ3v) is 4.49. The summed E-state index contributed by atoms with van der Waals surface area (Å²) in [7, 11) is 0. The van der Waals surface area contributed by atoms with Crippen molar-refractivity contribution in [3.05, 3.63) is 76.6 Å². The lowest BCUT2D eigenvalue weighted by molar-refractivity contribution is 0.0628. The summed E-state index contributed by atoms with van der Waals surface area (Å²) in [5, 5.41) is 18.0. The lowest BCUT2D eigenvalue weighted by Crippen LogP contribution is -2.42. The van der Waals surface area contributed by atoms with Gasteiger partial charge in [-0.25, -0.2) is 9.18 Å². The molecule has 0 radical (unpaired) electrons. The Kier molecular flexibility index (Phi) is 4.64. The van der Waals surface area contributed by atoms with Crippen LogP contribution in [0, 0.1) is 5.82 Å². The summed E-state index contributed by atoms with van der Waals surface area (Å²) in [4.78, 5) is 12.7. The molecule has 2 amide bonds. The average molecular weight is 346 g/mol. The molecule has 0 aliphatic carbocycles. The summed E-state index contributed by atoms with van der Waals surface area (Å²) in [6.07, 6.45) is 1.46. The molecule has 5 nitrogen and oxygen atoms in total. The van der Waals surface area contributed by atoms with E-state index in [-0.39, 0.29) is 12.4 Å². The number of aliphatic hydroxyl groups is 1. The number of furan rings is 1. The normalized spacial score (nSPS) is 13.2. The molecule has 0 saturated heterocycles. The Morgan fingerprint density at radius 1 is 1.21 bits per heavy atom. The molecule has 2 aromatic heterocycles. The number of hydrogen-bond donors (Lipinski definition) is 3. The van der Waals surface area contributed by atoms with Gasteiger partial charge in [0, 0.05) is 10.6 Å². The maximum Gasteiger partial charge on any atom is 0.319 e. The molecule has 7 heteroatoms. The standard InChI is InChI=1S/C17H15FN2O3S/c18-12-5-7-13(8-6-12)20-16(21)19-11-17(22,14-3-1-9-23-14)15-4-2-10-24-15/h1-10,22H,11H2,(H2,19,20,21). The summed E-state index contributed by atoms with van der Waals surface area (Å²) in [5.74, 6) is -0.0436. The first-order valence-electron chi connectivity index (χ1n) is 7.19. The zero-order valence-corrected chi connectivity index (χ0v) is 13.3. The summed E-state index contributed by atoms with van der Waals surface area (Å²) in [6.45, 7) is -0.0753. The van der Waals surface area contributed by atoms with Gasteiger partial charge in [0.05, 0.1) is 12.8 Å². The fraction of sp³-hybridized carbons (Fsp3) is 0.118. The third-order valence-electron chi connectivity index (χ3n) is 3.46. The van der Waals surface area contributed by atoms with Gasteiger partial charge in [-0.05, 0) is 47.8 Å². The van der Waals surface area contributed by atoms with Crippen LogP contribution in [0.3, 0.4) is 0 Å². The van der Waals surface area contributed by atoms with Gasteiger partial charge < -0.3 is 20.2 Å². The van der Waals surface area contributed by atoms with Gasteiger partial charge in [-0.15, -0.1) is 11.3 Å². The van der Waals surface area contributed by atoms with Crippen molar-refractivity contribution in [1.82, 2.24) is 5.32 Å². The molecular weight excluding hydrogens is 331 g/mol. The SMILES string of the molecule is O=C(NCC(O)(c1ccco1)c1cccs1)Nc1ccc(F)cc1. The smallest absolute Gasteiger partial charge is 0.319 e. The van der Waals surface area contributed by atoms with Crippen LogP contribution in [0.15, 0.2) is 64.6 Å². The number of anilines is 1. The lowest BCUT2D eigenvalue weighted by atomic mass is 9.99. The van der Waals surface area contributed by atoms with Crippen LogP contribution in [0.4, 0.5) is 14.9 Å². The Hall–Kier alpha value is -2.64. The zero-order valence-electron chi connectivity index (χ0n) is 12.5. The van der Waals surface area contributed by atoms with E-state index in [1.54, 1.807) is 18.2 Å². The summed E-state index contributed by atoms with van der Waals surface area (Å²) in [5.41, 5.74) is -1.01. The highest BCUT2D eigenvalue weighted by molar-refractivity contribution is 7.10. The molecule has 124 valence electrons. The molecule has 2 heterocycles. The largest absolute Gasteiger partial charge is 0.466 e. The summed E-state index contributed by atoms with van der Waals surface area (Å²) < 4.78 is 18.2. The average Bonchev–Trinajstić information content (AvgIpc) is 3.28. The first kappa shape index (κ1) is 16.2. The topological polar surface area (TPSA) is 74.5 Å². The van der Waals surface area contributed by atoms with Gasteiger partial charge in [0.15, 0.2) is 5.60 Å². The van der Waals surface area contributed by atoms with E-state index in [1.807, 2.05) is 11.4 Å². The van der Waals surface area contributed by atoms with Crippen LogP contribution < -0.4 is 10.6 Å². The van der Waals surface area contributed by atoms with E-state index in [4.69, 9.17) is 4.42 Å². The van der Waals surface area contributed by atoms with Crippen LogP contribution in [-0.2, 0) is 5.60 Å². The van der Waals surface area contributed by atoms with Crippen LogP contribution in [0.1, 0.15) is 10.6 Å². The number of halogens is 1. The fourth-order valence-electron chi connectivity index (χ4n) is 2.24. The maximum absolute atomic E-state index is 12.9. The number of hydrogen-bond acceptors (Lipinski definition) is 4. The van der Waals surface area contributed by atoms with Crippen molar-refractivity contribution in [1.29, 1.82) is 0 Å². The van der Waals surface area contributed by atoms with Crippen molar-refractivity contribution < 1.29 is 18.7 Å². The molecule has 1 unspecified atom stereocenters. The highest BCUT2D eigenvalue weighted by Crippen LogP contribution is 2.32. The minimum atomic E-state index is -1.46. The quantitative estimate of drug-likeness (QED) is 0.661. The van der Waals surface area contributed by atoms with Gasteiger partial charge in [-0.3, -0.25) is 0 Å². The zero-order chi connectivity index (χ0) is 17.0. The van der Waals surface area contributed by atoms with Crippen LogP contribution in [0.2, 0.25) is 0 Å². The Labute approximate surface area is 141 Å². The predicted octanol–water partition coefficient (Wildman–Crippen LogP) is 3.54. The molecule has 3 N–H and O–H groups in total. The molecule has 0 aliphatic heterocycles. The number of thiophene rings is 1. The Balaban J connectivity index is 1.70. The van der Waals surface area contributed by atoms with Crippen molar-refractivity contribution in [3.63, 3.8) is 0 Å². The Bertz CT molecular complexity index is 752. The molecule has 3 aromatic rings. The Morgan fingerprint density at radius 3 is 2.62 bits per heavy atom. The van der Waals surface area contributed by atoms with Gasteiger partial charge >= 0.3 is 6.03 Å². The second-order valence-electron chi connectivity index (χ2n) is 5.13. The van der Waals surface area contributed by atoms with Crippen LogP contribution in [0.5, 0.6) is 0 Å². The summed E-state index contributed by atoms with van der Waals surface area (Å²) >= 11 is 1.36. The number of benzene rings is 1. The van der Waals surface area contributed by atoms with E-state index in [9.17, 15) is 14.3 Å². The monoisotopic (exact) mass is 346 g/mol. The van der Waals surface area contributed by atoms with E-state index in [0.717, 1.165) is 0 Å². The van der Waals surface area contributed by atoms with E-state index in [2.05, 4.69) is 10.6 Å². The number of urea groups is 1. The van der Waals surface area contributed by atoms with Gasteiger partial charge in [0.25, 0.3) is 0 Å². The molecule has 1 aromatic carbocycles.